The van der Waals surface area contributed by atoms with Gasteiger partial charge in [-0.2, -0.15) is 0 Å². The number of pyridine rings is 1. The van der Waals surface area contributed by atoms with Gasteiger partial charge in [-0.25, -0.2) is 9.37 Å². The highest BCUT2D eigenvalue weighted by Crippen LogP contribution is 2.31. The van der Waals surface area contributed by atoms with E-state index in [2.05, 4.69) is 4.98 Å². The van der Waals surface area contributed by atoms with Crippen molar-refractivity contribution in [2.75, 3.05) is 14.2 Å². The van der Waals surface area contributed by atoms with Crippen LogP contribution in [0.15, 0.2) is 30.5 Å². The Morgan fingerprint density at radius 2 is 1.95 bits per heavy atom. The summed E-state index contributed by atoms with van der Waals surface area (Å²) in [5.74, 6) is 0.105. The number of methoxy groups -OCH3 is 2. The molecule has 0 radical (unpaired) electrons. The minimum atomic E-state index is -0.476. The number of benzene rings is 1. The van der Waals surface area contributed by atoms with Crippen LogP contribution >= 0.6 is 0 Å². The molecule has 2 rings (SSSR count). The van der Waals surface area contributed by atoms with Gasteiger partial charge in [0, 0.05) is 23.4 Å². The second kappa shape index (κ2) is 5.48. The molecule has 0 aliphatic carbocycles. The van der Waals surface area contributed by atoms with E-state index in [-0.39, 0.29) is 11.4 Å². The number of rotatable bonds is 4. The van der Waals surface area contributed by atoms with E-state index in [0.717, 1.165) is 0 Å². The third kappa shape index (κ3) is 2.40. The highest BCUT2D eigenvalue weighted by Gasteiger charge is 2.15. The zero-order valence-electron chi connectivity index (χ0n) is 10.5. The fourth-order valence-electron chi connectivity index (χ4n) is 1.81. The van der Waals surface area contributed by atoms with Crippen molar-refractivity contribution >= 4 is 6.29 Å². The molecular formula is C14H12FNO3. The van der Waals surface area contributed by atoms with Gasteiger partial charge < -0.3 is 9.47 Å². The first kappa shape index (κ1) is 13.0. The Labute approximate surface area is 109 Å². The number of aromatic nitrogens is 1. The van der Waals surface area contributed by atoms with Crippen LogP contribution in [-0.2, 0) is 0 Å². The van der Waals surface area contributed by atoms with E-state index in [4.69, 9.17) is 9.47 Å². The Kier molecular flexibility index (Phi) is 3.75. The Balaban J connectivity index is 2.62. The number of hydrogen-bond donors (Lipinski definition) is 0. The monoisotopic (exact) mass is 261 g/mol. The van der Waals surface area contributed by atoms with Crippen LogP contribution in [0.3, 0.4) is 0 Å². The third-order valence-electron chi connectivity index (χ3n) is 2.73. The Morgan fingerprint density at radius 3 is 2.53 bits per heavy atom. The van der Waals surface area contributed by atoms with Gasteiger partial charge in [0.15, 0.2) is 6.29 Å². The smallest absolute Gasteiger partial charge is 0.224 e. The number of halogens is 1. The van der Waals surface area contributed by atoms with Crippen molar-refractivity contribution in [3.8, 4) is 22.8 Å². The van der Waals surface area contributed by atoms with Gasteiger partial charge >= 0.3 is 0 Å². The van der Waals surface area contributed by atoms with Crippen molar-refractivity contribution < 1.29 is 18.7 Å². The largest absolute Gasteiger partial charge is 0.497 e. The SMILES string of the molecule is COc1ccc(-c2ccnc(OC)c2C=O)c(F)c1. The highest BCUT2D eigenvalue weighted by molar-refractivity contribution is 5.90. The van der Waals surface area contributed by atoms with E-state index < -0.39 is 5.82 Å². The number of carbonyl (C=O) groups is 1. The van der Waals surface area contributed by atoms with Crippen LogP contribution in [0.1, 0.15) is 10.4 Å². The summed E-state index contributed by atoms with van der Waals surface area (Å²) in [6, 6.07) is 6.00. The number of hydrogen-bond acceptors (Lipinski definition) is 4. The van der Waals surface area contributed by atoms with Gasteiger partial charge in [0.25, 0.3) is 0 Å². The zero-order chi connectivity index (χ0) is 13.8. The molecule has 19 heavy (non-hydrogen) atoms. The van der Waals surface area contributed by atoms with E-state index in [0.29, 0.717) is 23.2 Å². The molecule has 2 aromatic rings. The van der Waals surface area contributed by atoms with Crippen LogP contribution < -0.4 is 9.47 Å². The maximum atomic E-state index is 14.0. The molecule has 1 aromatic heterocycles. The summed E-state index contributed by atoms with van der Waals surface area (Å²) in [5.41, 5.74) is 0.944. The van der Waals surface area contributed by atoms with Crippen LogP contribution in [0.2, 0.25) is 0 Å². The van der Waals surface area contributed by atoms with E-state index in [9.17, 15) is 9.18 Å². The van der Waals surface area contributed by atoms with Crippen molar-refractivity contribution in [1.29, 1.82) is 0 Å². The summed E-state index contributed by atoms with van der Waals surface area (Å²) in [7, 11) is 2.87. The predicted octanol–water partition coefficient (Wildman–Crippen LogP) is 2.72. The van der Waals surface area contributed by atoms with Crippen molar-refractivity contribution in [2.24, 2.45) is 0 Å². The lowest BCUT2D eigenvalue weighted by molar-refractivity contribution is 0.112. The quantitative estimate of drug-likeness (QED) is 0.794. The molecule has 0 saturated carbocycles. The summed E-state index contributed by atoms with van der Waals surface area (Å²) in [4.78, 5) is 15.1. The van der Waals surface area contributed by atoms with Gasteiger partial charge in [-0.1, -0.05) is 0 Å². The first-order valence-corrected chi connectivity index (χ1v) is 5.53. The summed E-state index contributed by atoms with van der Waals surface area (Å²) in [6.07, 6.45) is 2.07. The summed E-state index contributed by atoms with van der Waals surface area (Å²) in [6.45, 7) is 0. The third-order valence-corrected chi connectivity index (χ3v) is 2.73. The minimum Gasteiger partial charge on any atom is -0.497 e. The Morgan fingerprint density at radius 1 is 1.16 bits per heavy atom. The molecular weight excluding hydrogens is 249 g/mol. The zero-order valence-corrected chi connectivity index (χ0v) is 10.5. The van der Waals surface area contributed by atoms with E-state index in [1.165, 1.54) is 26.5 Å². The summed E-state index contributed by atoms with van der Waals surface area (Å²) < 4.78 is 24.0. The molecule has 4 nitrogen and oxygen atoms in total. The molecule has 1 heterocycles. The Bertz CT molecular complexity index is 614. The van der Waals surface area contributed by atoms with Crippen LogP contribution in [0, 0.1) is 5.82 Å². The van der Waals surface area contributed by atoms with Crippen LogP contribution in [0.5, 0.6) is 11.6 Å². The standard InChI is InChI=1S/C14H12FNO3/c1-18-9-3-4-11(13(15)7-9)10-5-6-16-14(19-2)12(10)8-17/h3-8H,1-2H3. The normalized spacial score (nSPS) is 10.1. The van der Waals surface area contributed by atoms with Crippen LogP contribution in [0.25, 0.3) is 11.1 Å². The van der Waals surface area contributed by atoms with E-state index in [1.54, 1.807) is 18.2 Å². The number of ether oxygens (including phenoxy) is 2. The molecule has 1 aromatic carbocycles. The lowest BCUT2D eigenvalue weighted by atomic mass is 10.0. The van der Waals surface area contributed by atoms with Crippen LogP contribution in [0.4, 0.5) is 4.39 Å². The van der Waals surface area contributed by atoms with Gasteiger partial charge in [-0.15, -0.1) is 0 Å². The summed E-state index contributed by atoms with van der Waals surface area (Å²) in [5, 5.41) is 0. The average Bonchev–Trinajstić information content (AvgIpc) is 2.46. The number of nitrogens with zero attached hydrogens (tertiary/aromatic N) is 1. The maximum Gasteiger partial charge on any atom is 0.224 e. The average molecular weight is 261 g/mol. The van der Waals surface area contributed by atoms with Gasteiger partial charge in [0.2, 0.25) is 5.88 Å². The highest BCUT2D eigenvalue weighted by atomic mass is 19.1. The van der Waals surface area contributed by atoms with Gasteiger partial charge in [-0.3, -0.25) is 4.79 Å². The van der Waals surface area contributed by atoms with Gasteiger partial charge in [-0.05, 0) is 18.2 Å². The molecule has 0 fully saturated rings. The lowest BCUT2D eigenvalue weighted by Gasteiger charge is -2.10. The van der Waals surface area contributed by atoms with E-state index >= 15 is 0 Å². The van der Waals surface area contributed by atoms with Gasteiger partial charge in [0.05, 0.1) is 19.8 Å². The number of carbonyl (C=O) groups excluding carboxylic acids is 1. The topological polar surface area (TPSA) is 48.4 Å². The molecule has 0 saturated heterocycles. The lowest BCUT2D eigenvalue weighted by Crippen LogP contribution is -1.98. The summed E-state index contributed by atoms with van der Waals surface area (Å²) >= 11 is 0. The van der Waals surface area contributed by atoms with Crippen molar-refractivity contribution in [3.63, 3.8) is 0 Å². The fourth-order valence-corrected chi connectivity index (χ4v) is 1.81. The van der Waals surface area contributed by atoms with Crippen molar-refractivity contribution in [2.45, 2.75) is 0 Å². The molecule has 0 amide bonds. The molecule has 0 atom stereocenters. The molecule has 0 N–H and O–H groups in total. The molecule has 98 valence electrons. The van der Waals surface area contributed by atoms with Crippen molar-refractivity contribution in [3.05, 3.63) is 41.8 Å². The molecule has 0 bridgehead atoms. The predicted molar refractivity (Wildman–Crippen MR) is 68.1 cm³/mol. The first-order valence-electron chi connectivity index (χ1n) is 5.53. The minimum absolute atomic E-state index is 0.169. The molecule has 0 spiro atoms. The van der Waals surface area contributed by atoms with Crippen molar-refractivity contribution in [1.82, 2.24) is 4.98 Å². The molecule has 0 aliphatic heterocycles. The second-order valence-corrected chi connectivity index (χ2v) is 3.75. The number of aldehydes is 1. The first-order chi connectivity index (χ1) is 9.21. The maximum absolute atomic E-state index is 14.0. The van der Waals surface area contributed by atoms with E-state index in [1.807, 2.05) is 0 Å². The second-order valence-electron chi connectivity index (χ2n) is 3.75. The van der Waals surface area contributed by atoms with Gasteiger partial charge in [0.1, 0.15) is 11.6 Å². The molecule has 0 aliphatic rings. The molecule has 5 heteroatoms. The Hall–Kier alpha value is -2.43. The molecule has 0 unspecified atom stereocenters. The fraction of sp³-hybridized carbons (Fsp3) is 0.143. The van der Waals surface area contributed by atoms with Crippen LogP contribution in [-0.4, -0.2) is 25.5 Å².